The Morgan fingerprint density at radius 3 is 1.19 bits per heavy atom. The second-order valence-corrected chi connectivity index (χ2v) is 20.9. The summed E-state index contributed by atoms with van der Waals surface area (Å²) in [6.07, 6.45) is 48.6. The molecule has 0 saturated carbocycles. The van der Waals surface area contributed by atoms with Gasteiger partial charge in [0.05, 0.1) is 25.4 Å². The lowest BCUT2D eigenvalue weighted by molar-refractivity contribution is -0.302. The third-order valence-corrected chi connectivity index (χ3v) is 14.5. The van der Waals surface area contributed by atoms with Crippen molar-refractivity contribution in [2.24, 2.45) is 0 Å². The van der Waals surface area contributed by atoms with Gasteiger partial charge < -0.3 is 45.4 Å². The van der Waals surface area contributed by atoms with Crippen LogP contribution in [0.5, 0.6) is 0 Å². The van der Waals surface area contributed by atoms with Crippen LogP contribution in [0.4, 0.5) is 0 Å². The van der Waals surface area contributed by atoms with Gasteiger partial charge in [0, 0.05) is 0 Å². The van der Waals surface area contributed by atoms with Crippen LogP contribution in [-0.4, -0.2) is 98.7 Å². The van der Waals surface area contributed by atoms with Crippen molar-refractivity contribution in [1.29, 1.82) is 0 Å². The molecule has 1 heterocycles. The molecule has 0 aromatic carbocycles. The SMILES string of the molecule is CCCCCCCCCCCCCC/C=C\CCCCCCCCCCCCCCCCC(O)C(=O)NC(COC1OC(CO)C(O)C(O)C1O)C(O)CCCCCCCCCCCCCCC. The predicted octanol–water partition coefficient (Wildman–Crippen LogP) is 13.4. The van der Waals surface area contributed by atoms with Gasteiger partial charge in [0.2, 0.25) is 5.91 Å². The minimum Gasteiger partial charge on any atom is -0.394 e. The highest BCUT2D eigenvalue weighted by Crippen LogP contribution is 2.23. The average molecular weight is 969 g/mol. The number of carbonyl (C=O) groups is 1. The van der Waals surface area contributed by atoms with Crippen LogP contribution >= 0.6 is 0 Å². The third kappa shape index (κ3) is 36.8. The molecule has 0 aromatic rings. The standard InChI is InChI=1S/C58H113NO9/c1-3-5-7-9-11-13-15-17-18-19-20-21-22-23-24-25-26-27-28-29-30-31-32-33-35-37-39-41-43-45-47-52(62)57(66)59-50(49-67-58-56(65)55(64)54(63)53(48-60)68-58)51(61)46-44-42-40-38-36-34-16-14-12-10-8-6-4-2/h23-24,50-56,58,60-65H,3-22,25-49H2,1-2H3,(H,59,66)/b24-23-. The van der Waals surface area contributed by atoms with Crippen molar-refractivity contribution in [3.63, 3.8) is 0 Å². The molecule has 68 heavy (non-hydrogen) atoms. The minimum absolute atomic E-state index is 0.252. The van der Waals surface area contributed by atoms with Gasteiger partial charge in [-0.2, -0.15) is 0 Å². The summed E-state index contributed by atoms with van der Waals surface area (Å²) in [6, 6.07) is -0.891. The fourth-order valence-electron chi connectivity index (χ4n) is 9.70. The molecule has 0 aromatic heterocycles. The maximum absolute atomic E-state index is 13.1. The zero-order chi connectivity index (χ0) is 49.6. The maximum atomic E-state index is 13.1. The Balaban J connectivity index is 2.15. The molecule has 1 fully saturated rings. The Kier molecular flexibility index (Phi) is 46.0. The first-order valence-electron chi connectivity index (χ1n) is 29.5. The van der Waals surface area contributed by atoms with E-state index < -0.39 is 61.5 Å². The first-order chi connectivity index (χ1) is 33.3. The molecule has 7 N–H and O–H groups in total. The molecular weight excluding hydrogens is 855 g/mol. The number of ether oxygens (including phenoxy) is 2. The Hall–Kier alpha value is -1.11. The average Bonchev–Trinajstić information content (AvgIpc) is 3.34. The molecule has 404 valence electrons. The van der Waals surface area contributed by atoms with E-state index in [0.717, 1.165) is 44.9 Å². The van der Waals surface area contributed by atoms with Gasteiger partial charge in [-0.25, -0.2) is 0 Å². The van der Waals surface area contributed by atoms with Crippen LogP contribution in [0.15, 0.2) is 12.2 Å². The maximum Gasteiger partial charge on any atom is 0.249 e. The summed E-state index contributed by atoms with van der Waals surface area (Å²) in [5, 5.41) is 65.1. The first-order valence-corrected chi connectivity index (χ1v) is 29.5. The molecule has 1 aliphatic rings. The molecule has 1 amide bonds. The van der Waals surface area contributed by atoms with E-state index >= 15 is 0 Å². The van der Waals surface area contributed by atoms with Gasteiger partial charge in [-0.05, 0) is 38.5 Å². The highest BCUT2D eigenvalue weighted by molar-refractivity contribution is 5.80. The van der Waals surface area contributed by atoms with Crippen LogP contribution in [-0.2, 0) is 14.3 Å². The smallest absolute Gasteiger partial charge is 0.249 e. The van der Waals surface area contributed by atoms with E-state index in [1.54, 1.807) is 0 Å². The van der Waals surface area contributed by atoms with Gasteiger partial charge in [-0.15, -0.1) is 0 Å². The van der Waals surface area contributed by atoms with E-state index in [1.807, 2.05) is 0 Å². The number of allylic oxidation sites excluding steroid dienone is 2. The van der Waals surface area contributed by atoms with E-state index in [-0.39, 0.29) is 6.61 Å². The Labute approximate surface area is 419 Å². The van der Waals surface area contributed by atoms with Crippen LogP contribution in [0.2, 0.25) is 0 Å². The number of hydrogen-bond donors (Lipinski definition) is 7. The lowest BCUT2D eigenvalue weighted by Gasteiger charge is -2.40. The van der Waals surface area contributed by atoms with Gasteiger partial charge >= 0.3 is 0 Å². The van der Waals surface area contributed by atoms with Crippen LogP contribution in [0.25, 0.3) is 0 Å². The van der Waals surface area contributed by atoms with Crippen molar-refractivity contribution in [1.82, 2.24) is 5.32 Å². The summed E-state index contributed by atoms with van der Waals surface area (Å²) in [5.41, 5.74) is 0. The molecule has 0 aliphatic carbocycles. The molecule has 10 nitrogen and oxygen atoms in total. The van der Waals surface area contributed by atoms with E-state index in [1.165, 1.54) is 218 Å². The monoisotopic (exact) mass is 968 g/mol. The summed E-state index contributed by atoms with van der Waals surface area (Å²) in [6.45, 7) is 3.70. The molecule has 1 aliphatic heterocycles. The third-order valence-electron chi connectivity index (χ3n) is 14.5. The van der Waals surface area contributed by atoms with Crippen molar-refractivity contribution in [3.05, 3.63) is 12.2 Å². The molecule has 0 bridgehead atoms. The molecule has 1 saturated heterocycles. The lowest BCUT2D eigenvalue weighted by atomic mass is 9.99. The number of carbonyl (C=O) groups excluding carboxylic acids is 1. The second kappa shape index (κ2) is 48.2. The predicted molar refractivity (Wildman–Crippen MR) is 283 cm³/mol. The highest BCUT2D eigenvalue weighted by Gasteiger charge is 2.44. The molecule has 8 atom stereocenters. The highest BCUT2D eigenvalue weighted by atomic mass is 16.7. The number of amides is 1. The van der Waals surface area contributed by atoms with Crippen LogP contribution in [0.1, 0.15) is 290 Å². The van der Waals surface area contributed by atoms with Gasteiger partial charge in [0.25, 0.3) is 0 Å². The van der Waals surface area contributed by atoms with Crippen molar-refractivity contribution in [2.75, 3.05) is 13.2 Å². The van der Waals surface area contributed by atoms with Crippen LogP contribution < -0.4 is 5.32 Å². The number of aliphatic hydroxyl groups excluding tert-OH is 6. The quantitative estimate of drug-likeness (QED) is 0.0232. The summed E-state index contributed by atoms with van der Waals surface area (Å²) < 4.78 is 11.2. The summed E-state index contributed by atoms with van der Waals surface area (Å²) in [5.74, 6) is -0.579. The normalized spacial score (nSPS) is 20.0. The van der Waals surface area contributed by atoms with Gasteiger partial charge in [-0.1, -0.05) is 264 Å². The summed E-state index contributed by atoms with van der Waals surface area (Å²) >= 11 is 0. The van der Waals surface area contributed by atoms with Gasteiger partial charge in [0.1, 0.15) is 30.5 Å². The van der Waals surface area contributed by atoms with Crippen molar-refractivity contribution in [3.8, 4) is 0 Å². The number of aliphatic hydroxyl groups is 6. The van der Waals surface area contributed by atoms with E-state index in [9.17, 15) is 35.4 Å². The molecule has 10 heteroatoms. The zero-order valence-electron chi connectivity index (χ0n) is 44.5. The topological polar surface area (TPSA) is 169 Å². The zero-order valence-corrected chi connectivity index (χ0v) is 44.5. The molecule has 8 unspecified atom stereocenters. The Morgan fingerprint density at radius 2 is 0.824 bits per heavy atom. The van der Waals surface area contributed by atoms with Crippen molar-refractivity contribution < 1.29 is 44.9 Å². The molecule has 1 rings (SSSR count). The van der Waals surface area contributed by atoms with E-state index in [0.29, 0.717) is 12.8 Å². The molecular formula is C58H113NO9. The van der Waals surface area contributed by atoms with E-state index in [4.69, 9.17) is 9.47 Å². The lowest BCUT2D eigenvalue weighted by Crippen LogP contribution is -2.60. The van der Waals surface area contributed by atoms with E-state index in [2.05, 4.69) is 31.3 Å². The van der Waals surface area contributed by atoms with Gasteiger partial charge in [-0.3, -0.25) is 4.79 Å². The first kappa shape index (κ1) is 64.9. The van der Waals surface area contributed by atoms with Crippen LogP contribution in [0.3, 0.4) is 0 Å². The fraction of sp³-hybridized carbons (Fsp3) is 0.948. The minimum atomic E-state index is -1.59. The van der Waals surface area contributed by atoms with Crippen LogP contribution in [0, 0.1) is 0 Å². The Bertz CT molecular complexity index is 1090. The number of hydrogen-bond acceptors (Lipinski definition) is 9. The number of nitrogens with one attached hydrogen (secondary N) is 1. The molecule has 0 radical (unpaired) electrons. The summed E-state index contributed by atoms with van der Waals surface area (Å²) in [4.78, 5) is 13.1. The number of unbranched alkanes of at least 4 members (excludes halogenated alkanes) is 38. The second-order valence-electron chi connectivity index (χ2n) is 20.9. The Morgan fingerprint density at radius 1 is 0.485 bits per heavy atom. The van der Waals surface area contributed by atoms with Crippen molar-refractivity contribution >= 4 is 5.91 Å². The van der Waals surface area contributed by atoms with Gasteiger partial charge in [0.15, 0.2) is 6.29 Å². The molecule has 0 spiro atoms. The largest absolute Gasteiger partial charge is 0.394 e. The fourth-order valence-corrected chi connectivity index (χ4v) is 9.70. The van der Waals surface area contributed by atoms with Crippen molar-refractivity contribution in [2.45, 2.75) is 339 Å². The number of rotatable bonds is 51. The summed E-state index contributed by atoms with van der Waals surface area (Å²) in [7, 11) is 0.